The zero-order chi connectivity index (χ0) is 24.2. The van der Waals surface area contributed by atoms with E-state index in [0.29, 0.717) is 19.1 Å². The van der Waals surface area contributed by atoms with E-state index < -0.39 is 0 Å². The van der Waals surface area contributed by atoms with Gasteiger partial charge in [-0.3, -0.25) is 9.69 Å². The minimum Gasteiger partial charge on any atom is -0.322 e. The molecule has 1 aliphatic carbocycles. The van der Waals surface area contributed by atoms with E-state index >= 15 is 0 Å². The van der Waals surface area contributed by atoms with Crippen molar-refractivity contribution in [1.29, 1.82) is 0 Å². The van der Waals surface area contributed by atoms with Crippen LogP contribution in [-0.2, 0) is 13.1 Å². The molecule has 7 heteroatoms. The fourth-order valence-corrected chi connectivity index (χ4v) is 5.44. The number of tetrazole rings is 1. The summed E-state index contributed by atoms with van der Waals surface area (Å²) in [6, 6.07) is 19.1. The Morgan fingerprint density at radius 3 is 2.69 bits per heavy atom. The molecule has 0 bridgehead atoms. The minimum atomic E-state index is -0.00905. The molecule has 0 saturated heterocycles. The van der Waals surface area contributed by atoms with Gasteiger partial charge in [0.1, 0.15) is 0 Å². The predicted octanol–water partition coefficient (Wildman–Crippen LogP) is 5.16. The summed E-state index contributed by atoms with van der Waals surface area (Å²) in [6.07, 6.45) is 6.69. The summed E-state index contributed by atoms with van der Waals surface area (Å²) in [4.78, 5) is 18.8. The zero-order valence-electron chi connectivity index (χ0n) is 20.7. The summed E-state index contributed by atoms with van der Waals surface area (Å²) in [5.41, 5.74) is 4.00. The number of hydrogen-bond donors (Lipinski definition) is 1. The van der Waals surface area contributed by atoms with Crippen molar-refractivity contribution < 1.29 is 0 Å². The SMILES string of the molecule is CCCC(c1nnnn1Cc1ccccc1)N(Cc1cc2ccc(C)cc2[nH]c1=O)C1CCCC1. The third-order valence-electron chi connectivity index (χ3n) is 7.22. The van der Waals surface area contributed by atoms with Gasteiger partial charge in [-0.2, -0.15) is 0 Å². The maximum Gasteiger partial charge on any atom is 0.252 e. The maximum atomic E-state index is 13.1. The van der Waals surface area contributed by atoms with Crippen molar-refractivity contribution in [1.82, 2.24) is 30.1 Å². The molecule has 7 nitrogen and oxygen atoms in total. The quantitative estimate of drug-likeness (QED) is 0.366. The molecule has 0 spiro atoms. The van der Waals surface area contributed by atoms with Crippen molar-refractivity contribution in [2.75, 3.05) is 0 Å². The monoisotopic (exact) mass is 470 g/mol. The molecule has 1 N–H and O–H groups in total. The van der Waals surface area contributed by atoms with Crippen LogP contribution in [0.15, 0.2) is 59.4 Å². The molecule has 0 amide bonds. The smallest absolute Gasteiger partial charge is 0.252 e. The van der Waals surface area contributed by atoms with E-state index in [1.54, 1.807) is 0 Å². The van der Waals surface area contributed by atoms with Crippen LogP contribution in [0.25, 0.3) is 10.9 Å². The Hall–Kier alpha value is -3.32. The molecule has 5 rings (SSSR count). The van der Waals surface area contributed by atoms with Crippen LogP contribution < -0.4 is 5.56 Å². The third-order valence-corrected chi connectivity index (χ3v) is 7.22. The summed E-state index contributed by atoms with van der Waals surface area (Å²) in [5, 5.41) is 14.0. The Morgan fingerprint density at radius 1 is 1.11 bits per heavy atom. The summed E-state index contributed by atoms with van der Waals surface area (Å²) < 4.78 is 1.94. The first-order chi connectivity index (χ1) is 17.1. The Kier molecular flexibility index (Phi) is 7.04. The van der Waals surface area contributed by atoms with Gasteiger partial charge in [0.15, 0.2) is 5.82 Å². The lowest BCUT2D eigenvalue weighted by Gasteiger charge is -2.35. The Morgan fingerprint density at radius 2 is 1.91 bits per heavy atom. The van der Waals surface area contributed by atoms with Crippen molar-refractivity contribution in [3.8, 4) is 0 Å². The average Bonchev–Trinajstić information content (AvgIpc) is 3.55. The number of aromatic nitrogens is 5. The number of benzene rings is 2. The molecule has 35 heavy (non-hydrogen) atoms. The van der Waals surface area contributed by atoms with Crippen LogP contribution in [0.2, 0.25) is 0 Å². The maximum absolute atomic E-state index is 13.1. The molecule has 2 aromatic carbocycles. The highest BCUT2D eigenvalue weighted by Crippen LogP contribution is 2.34. The van der Waals surface area contributed by atoms with Crippen LogP contribution in [0.5, 0.6) is 0 Å². The van der Waals surface area contributed by atoms with Crippen LogP contribution in [0.3, 0.4) is 0 Å². The van der Waals surface area contributed by atoms with Gasteiger partial charge in [-0.25, -0.2) is 4.68 Å². The summed E-state index contributed by atoms with van der Waals surface area (Å²) >= 11 is 0. The molecule has 1 unspecified atom stereocenters. The number of nitrogens with zero attached hydrogens (tertiary/aromatic N) is 5. The Labute approximate surface area is 206 Å². The second kappa shape index (κ2) is 10.5. The third kappa shape index (κ3) is 5.20. The fourth-order valence-electron chi connectivity index (χ4n) is 5.44. The van der Waals surface area contributed by atoms with Crippen LogP contribution in [-0.4, -0.2) is 36.1 Å². The molecule has 0 aliphatic heterocycles. The number of nitrogens with one attached hydrogen (secondary N) is 1. The van der Waals surface area contributed by atoms with Crippen molar-refractivity contribution >= 4 is 10.9 Å². The average molecular weight is 471 g/mol. The van der Waals surface area contributed by atoms with Crippen molar-refractivity contribution in [3.63, 3.8) is 0 Å². The lowest BCUT2D eigenvalue weighted by atomic mass is 10.0. The molecule has 2 heterocycles. The Balaban J connectivity index is 1.51. The normalized spacial score (nSPS) is 15.3. The lowest BCUT2D eigenvalue weighted by Crippen LogP contribution is -2.39. The van der Waals surface area contributed by atoms with Gasteiger partial charge in [0.2, 0.25) is 0 Å². The zero-order valence-corrected chi connectivity index (χ0v) is 20.7. The van der Waals surface area contributed by atoms with E-state index in [1.807, 2.05) is 35.9 Å². The molecule has 182 valence electrons. The number of H-pyrrole nitrogens is 1. The van der Waals surface area contributed by atoms with Gasteiger partial charge in [-0.05, 0) is 65.3 Å². The van der Waals surface area contributed by atoms with Crippen LogP contribution in [0, 0.1) is 6.92 Å². The van der Waals surface area contributed by atoms with Crippen LogP contribution in [0.1, 0.15) is 74.0 Å². The molecule has 4 aromatic rings. The van der Waals surface area contributed by atoms with E-state index in [2.05, 4.69) is 62.7 Å². The molecule has 1 aliphatic rings. The summed E-state index contributed by atoms with van der Waals surface area (Å²) in [5.74, 6) is 0.885. The second-order valence-corrected chi connectivity index (χ2v) is 9.81. The van der Waals surface area contributed by atoms with Gasteiger partial charge in [0.25, 0.3) is 5.56 Å². The van der Waals surface area contributed by atoms with E-state index in [0.717, 1.165) is 53.5 Å². The first-order valence-corrected chi connectivity index (χ1v) is 12.8. The summed E-state index contributed by atoms with van der Waals surface area (Å²) in [6.45, 7) is 5.48. The van der Waals surface area contributed by atoms with Crippen LogP contribution in [0.4, 0.5) is 0 Å². The van der Waals surface area contributed by atoms with E-state index in [1.165, 1.54) is 18.4 Å². The first-order valence-electron chi connectivity index (χ1n) is 12.8. The van der Waals surface area contributed by atoms with Gasteiger partial charge in [-0.15, -0.1) is 5.10 Å². The number of aryl methyl sites for hydroxylation is 1. The van der Waals surface area contributed by atoms with Gasteiger partial charge in [0, 0.05) is 23.7 Å². The van der Waals surface area contributed by atoms with Crippen LogP contribution >= 0.6 is 0 Å². The highest BCUT2D eigenvalue weighted by Gasteiger charge is 2.33. The molecule has 1 fully saturated rings. The van der Waals surface area contributed by atoms with Crippen molar-refractivity contribution in [2.24, 2.45) is 0 Å². The van der Waals surface area contributed by atoms with E-state index in [-0.39, 0.29) is 11.6 Å². The number of fused-ring (bicyclic) bond motifs is 1. The fraction of sp³-hybridized carbons (Fsp3) is 0.429. The lowest BCUT2D eigenvalue weighted by molar-refractivity contribution is 0.108. The van der Waals surface area contributed by atoms with Crippen molar-refractivity contribution in [2.45, 2.75) is 77.5 Å². The molecular formula is C28H34N6O. The number of rotatable bonds is 9. The number of hydrogen-bond acceptors (Lipinski definition) is 5. The van der Waals surface area contributed by atoms with Gasteiger partial charge < -0.3 is 4.98 Å². The molecule has 2 aromatic heterocycles. The van der Waals surface area contributed by atoms with E-state index in [4.69, 9.17) is 0 Å². The molecule has 1 atom stereocenters. The number of pyridine rings is 1. The minimum absolute atomic E-state index is 0.00905. The molecular weight excluding hydrogens is 436 g/mol. The largest absolute Gasteiger partial charge is 0.322 e. The molecule has 0 radical (unpaired) electrons. The Bertz CT molecular complexity index is 1320. The van der Waals surface area contributed by atoms with Gasteiger partial charge in [0.05, 0.1) is 12.6 Å². The van der Waals surface area contributed by atoms with Gasteiger partial charge in [-0.1, -0.05) is 68.7 Å². The van der Waals surface area contributed by atoms with E-state index in [9.17, 15) is 4.79 Å². The first kappa shape index (κ1) is 23.4. The predicted molar refractivity (Wildman–Crippen MR) is 138 cm³/mol. The molecule has 1 saturated carbocycles. The second-order valence-electron chi connectivity index (χ2n) is 9.81. The standard InChI is InChI=1S/C28H34N6O/c1-3-9-26(27-30-31-32-34(27)18-21-10-5-4-6-11-21)33(24-12-7-8-13-24)19-23-17-22-15-14-20(2)16-25(22)29-28(23)35/h4-6,10-11,14-17,24,26H,3,7-9,12-13,18-19H2,1-2H3,(H,29,35). The number of aromatic amines is 1. The van der Waals surface area contributed by atoms with Gasteiger partial charge >= 0.3 is 0 Å². The summed E-state index contributed by atoms with van der Waals surface area (Å²) in [7, 11) is 0. The highest BCUT2D eigenvalue weighted by molar-refractivity contribution is 5.79. The topological polar surface area (TPSA) is 79.7 Å². The van der Waals surface area contributed by atoms with Crippen molar-refractivity contribution in [3.05, 3.63) is 87.5 Å². The highest BCUT2D eigenvalue weighted by atomic mass is 16.1.